The number of carbonyl (C=O) groups is 2. The maximum atomic E-state index is 13.1. The molecular weight excluding hydrogens is 314 g/mol. The number of rotatable bonds is 4. The van der Waals surface area contributed by atoms with Gasteiger partial charge < -0.3 is 10.2 Å². The summed E-state index contributed by atoms with van der Waals surface area (Å²) in [5.41, 5.74) is 1.20. The molecule has 1 fully saturated rings. The predicted molar refractivity (Wildman–Crippen MR) is 85.1 cm³/mol. The van der Waals surface area contributed by atoms with Gasteiger partial charge in [-0.25, -0.2) is 8.78 Å². The van der Waals surface area contributed by atoms with Crippen LogP contribution in [0.3, 0.4) is 0 Å². The third-order valence-corrected chi connectivity index (χ3v) is 4.02. The molecule has 2 aromatic carbocycles. The minimum absolute atomic E-state index is 0.164. The lowest BCUT2D eigenvalue weighted by atomic mass is 10.1. The van der Waals surface area contributed by atoms with E-state index >= 15 is 0 Å². The van der Waals surface area contributed by atoms with Gasteiger partial charge in [-0.3, -0.25) is 9.59 Å². The van der Waals surface area contributed by atoms with E-state index in [1.54, 1.807) is 12.1 Å². The van der Waals surface area contributed by atoms with Crippen LogP contribution in [-0.2, 0) is 16.1 Å². The van der Waals surface area contributed by atoms with E-state index in [0.29, 0.717) is 24.2 Å². The van der Waals surface area contributed by atoms with Gasteiger partial charge in [0.05, 0.1) is 0 Å². The Bertz CT molecular complexity index is 762. The van der Waals surface area contributed by atoms with Crippen LogP contribution in [0.5, 0.6) is 0 Å². The Labute approximate surface area is 138 Å². The molecule has 24 heavy (non-hydrogen) atoms. The van der Waals surface area contributed by atoms with Crippen LogP contribution < -0.4 is 10.2 Å². The molecule has 0 aliphatic carbocycles. The van der Waals surface area contributed by atoms with Crippen LogP contribution in [0.2, 0.25) is 0 Å². The summed E-state index contributed by atoms with van der Waals surface area (Å²) in [6.07, 6.45) is 0.394. The summed E-state index contributed by atoms with van der Waals surface area (Å²) in [6, 6.07) is 11.5. The zero-order chi connectivity index (χ0) is 17.1. The van der Waals surface area contributed by atoms with Crippen molar-refractivity contribution in [2.75, 3.05) is 11.4 Å². The number of amides is 2. The summed E-state index contributed by atoms with van der Waals surface area (Å²) in [7, 11) is 0. The fourth-order valence-corrected chi connectivity index (χ4v) is 2.76. The van der Waals surface area contributed by atoms with E-state index in [-0.39, 0.29) is 30.0 Å². The average molecular weight is 330 g/mol. The van der Waals surface area contributed by atoms with Gasteiger partial charge in [0.25, 0.3) is 0 Å². The van der Waals surface area contributed by atoms with Gasteiger partial charge in [0.1, 0.15) is 17.6 Å². The van der Waals surface area contributed by atoms with E-state index in [1.165, 1.54) is 41.3 Å². The quantitative estimate of drug-likeness (QED) is 0.876. The second-order valence-electron chi connectivity index (χ2n) is 5.66. The van der Waals surface area contributed by atoms with E-state index < -0.39 is 5.92 Å². The minimum atomic E-state index is -0.774. The molecule has 0 radical (unpaired) electrons. The first kappa shape index (κ1) is 16.1. The molecule has 1 N–H and O–H groups in total. The van der Waals surface area contributed by atoms with Crippen molar-refractivity contribution >= 4 is 17.5 Å². The predicted octanol–water partition coefficient (Wildman–Crippen LogP) is 2.63. The Morgan fingerprint density at radius 1 is 1.12 bits per heavy atom. The largest absolute Gasteiger partial charge is 0.351 e. The molecule has 2 amide bonds. The number of halogens is 2. The zero-order valence-electron chi connectivity index (χ0n) is 12.8. The molecule has 4 nitrogen and oxygen atoms in total. The highest BCUT2D eigenvalue weighted by Gasteiger charge is 2.37. The molecule has 3 rings (SSSR count). The monoisotopic (exact) mass is 330 g/mol. The van der Waals surface area contributed by atoms with E-state index in [4.69, 9.17) is 0 Å². The van der Waals surface area contributed by atoms with Crippen molar-refractivity contribution in [1.29, 1.82) is 0 Å². The molecule has 2 aromatic rings. The van der Waals surface area contributed by atoms with Crippen LogP contribution in [0.25, 0.3) is 0 Å². The molecule has 0 spiro atoms. The van der Waals surface area contributed by atoms with Crippen LogP contribution in [-0.4, -0.2) is 18.4 Å². The molecule has 6 heteroatoms. The lowest BCUT2D eigenvalue weighted by molar-refractivity contribution is -0.132. The highest BCUT2D eigenvalue weighted by atomic mass is 19.1. The van der Waals surface area contributed by atoms with Crippen molar-refractivity contribution in [3.63, 3.8) is 0 Å². The SMILES string of the molecule is O=C(NCc1cccc(F)c1)C1CCN(c2ccc(F)cc2)C1=O. The topological polar surface area (TPSA) is 49.4 Å². The molecular formula is C18H16F2N2O2. The van der Waals surface area contributed by atoms with E-state index in [2.05, 4.69) is 5.32 Å². The maximum absolute atomic E-state index is 13.1. The first-order valence-corrected chi connectivity index (χ1v) is 7.64. The Morgan fingerprint density at radius 3 is 2.58 bits per heavy atom. The molecule has 124 valence electrons. The van der Waals surface area contributed by atoms with E-state index in [9.17, 15) is 18.4 Å². The van der Waals surface area contributed by atoms with Gasteiger partial charge in [0.2, 0.25) is 11.8 Å². The van der Waals surface area contributed by atoms with E-state index in [0.717, 1.165) is 0 Å². The Balaban J connectivity index is 1.62. The first-order chi connectivity index (χ1) is 11.5. The lowest BCUT2D eigenvalue weighted by Gasteiger charge is -2.16. The zero-order valence-corrected chi connectivity index (χ0v) is 12.8. The van der Waals surface area contributed by atoms with Crippen molar-refractivity contribution in [2.24, 2.45) is 5.92 Å². The fourth-order valence-electron chi connectivity index (χ4n) is 2.76. The van der Waals surface area contributed by atoms with Crippen molar-refractivity contribution in [2.45, 2.75) is 13.0 Å². The molecule has 0 aromatic heterocycles. The van der Waals surface area contributed by atoms with Crippen LogP contribution in [0.4, 0.5) is 14.5 Å². The van der Waals surface area contributed by atoms with Crippen LogP contribution in [0.1, 0.15) is 12.0 Å². The van der Waals surface area contributed by atoms with Crippen LogP contribution in [0, 0.1) is 17.6 Å². The molecule has 1 saturated heterocycles. The van der Waals surface area contributed by atoms with Gasteiger partial charge in [-0.2, -0.15) is 0 Å². The van der Waals surface area contributed by atoms with Gasteiger partial charge in [0.15, 0.2) is 0 Å². The van der Waals surface area contributed by atoms with Gasteiger partial charge >= 0.3 is 0 Å². The maximum Gasteiger partial charge on any atom is 0.239 e. The summed E-state index contributed by atoms with van der Waals surface area (Å²) >= 11 is 0. The third kappa shape index (κ3) is 3.42. The summed E-state index contributed by atoms with van der Waals surface area (Å²) in [4.78, 5) is 26.1. The highest BCUT2D eigenvalue weighted by molar-refractivity contribution is 6.09. The standard InChI is InChI=1S/C18H16F2N2O2/c19-13-4-6-15(7-5-13)22-9-8-16(18(22)24)17(23)21-11-12-2-1-3-14(20)10-12/h1-7,10,16H,8-9,11H2,(H,21,23). The van der Waals surface area contributed by atoms with Crippen LogP contribution in [0.15, 0.2) is 48.5 Å². The Hall–Kier alpha value is -2.76. The van der Waals surface area contributed by atoms with Gasteiger partial charge in [-0.1, -0.05) is 12.1 Å². The second kappa shape index (κ2) is 6.78. The molecule has 1 unspecified atom stereocenters. The number of anilines is 1. The summed E-state index contributed by atoms with van der Waals surface area (Å²) in [5.74, 6) is -2.22. The number of carbonyl (C=O) groups excluding carboxylic acids is 2. The van der Waals surface area contributed by atoms with Crippen molar-refractivity contribution in [1.82, 2.24) is 5.32 Å². The molecule has 1 atom stereocenters. The van der Waals surface area contributed by atoms with Gasteiger partial charge in [-0.05, 0) is 48.4 Å². The summed E-state index contributed by atoms with van der Waals surface area (Å²) in [5, 5.41) is 2.67. The smallest absolute Gasteiger partial charge is 0.239 e. The number of hydrogen-bond acceptors (Lipinski definition) is 2. The van der Waals surface area contributed by atoms with Crippen LogP contribution >= 0.6 is 0 Å². The Kier molecular flexibility index (Phi) is 4.55. The summed E-state index contributed by atoms with van der Waals surface area (Å²) in [6.45, 7) is 0.569. The first-order valence-electron chi connectivity index (χ1n) is 7.64. The third-order valence-electron chi connectivity index (χ3n) is 4.02. The van der Waals surface area contributed by atoms with Gasteiger partial charge in [0, 0.05) is 18.8 Å². The van der Waals surface area contributed by atoms with Crippen molar-refractivity contribution in [3.05, 3.63) is 65.7 Å². The lowest BCUT2D eigenvalue weighted by Crippen LogP contribution is -2.36. The number of nitrogens with one attached hydrogen (secondary N) is 1. The molecule has 0 bridgehead atoms. The molecule has 1 aliphatic heterocycles. The number of benzene rings is 2. The van der Waals surface area contributed by atoms with Crippen molar-refractivity contribution < 1.29 is 18.4 Å². The fraction of sp³-hybridized carbons (Fsp3) is 0.222. The molecule has 1 heterocycles. The van der Waals surface area contributed by atoms with E-state index in [1.807, 2.05) is 0 Å². The molecule has 0 saturated carbocycles. The molecule has 1 aliphatic rings. The number of hydrogen-bond donors (Lipinski definition) is 1. The average Bonchev–Trinajstić information content (AvgIpc) is 2.95. The summed E-state index contributed by atoms with van der Waals surface area (Å²) < 4.78 is 26.1. The number of nitrogens with zero attached hydrogens (tertiary/aromatic N) is 1. The van der Waals surface area contributed by atoms with Gasteiger partial charge in [-0.15, -0.1) is 0 Å². The normalized spacial score (nSPS) is 17.2. The minimum Gasteiger partial charge on any atom is -0.351 e. The van der Waals surface area contributed by atoms with Crippen molar-refractivity contribution in [3.8, 4) is 0 Å². The Morgan fingerprint density at radius 2 is 1.88 bits per heavy atom. The second-order valence-corrected chi connectivity index (χ2v) is 5.66. The highest BCUT2D eigenvalue weighted by Crippen LogP contribution is 2.25.